The summed E-state index contributed by atoms with van der Waals surface area (Å²) in [6.45, 7) is 0. The SMILES string of the molecule is O=S1(=O)c2ccc(-c3ccc(-n4c5ccccc5c5ccccc54)cc3)cc2S(=O)(=O)c2cc(-c3ccc(-n4c5ccccc5c5ccccc54)cc3)ccc21. The Morgan fingerprint density at radius 3 is 0.911 bits per heavy atom. The van der Waals surface area contributed by atoms with Crippen LogP contribution in [0.2, 0.25) is 0 Å². The van der Waals surface area contributed by atoms with Crippen LogP contribution in [0.25, 0.3) is 77.2 Å². The Balaban J connectivity index is 0.962. The zero-order chi connectivity index (χ0) is 37.8. The molecule has 0 atom stereocenters. The zero-order valence-electron chi connectivity index (χ0n) is 29.7. The van der Waals surface area contributed by atoms with Crippen LogP contribution in [0.3, 0.4) is 0 Å². The number of aromatic nitrogens is 2. The molecule has 8 heteroatoms. The first-order valence-corrected chi connectivity index (χ1v) is 21.2. The van der Waals surface area contributed by atoms with E-state index in [1.807, 2.05) is 97.1 Å². The minimum absolute atomic E-state index is 0.209. The molecular formula is C48H30N2O4S2. The van der Waals surface area contributed by atoms with E-state index in [1.54, 1.807) is 12.1 Å². The number of para-hydroxylation sites is 4. The highest BCUT2D eigenvalue weighted by Gasteiger charge is 2.39. The minimum Gasteiger partial charge on any atom is -0.309 e. The third-order valence-electron chi connectivity index (χ3n) is 11.1. The summed E-state index contributed by atoms with van der Waals surface area (Å²) in [4.78, 5) is -0.849. The lowest BCUT2D eigenvalue weighted by molar-refractivity contribution is 0.570. The van der Waals surface area contributed by atoms with Gasteiger partial charge in [0, 0.05) is 32.9 Å². The number of fused-ring (bicyclic) bond motifs is 8. The van der Waals surface area contributed by atoms with Crippen molar-refractivity contribution in [3.8, 4) is 33.6 Å². The van der Waals surface area contributed by atoms with Gasteiger partial charge >= 0.3 is 0 Å². The molecule has 0 saturated heterocycles. The van der Waals surface area contributed by atoms with Gasteiger partial charge in [0.2, 0.25) is 19.7 Å². The highest BCUT2D eigenvalue weighted by molar-refractivity contribution is 7.97. The summed E-state index contributed by atoms with van der Waals surface area (Å²) < 4.78 is 61.2. The van der Waals surface area contributed by atoms with E-state index < -0.39 is 19.7 Å². The second-order valence-electron chi connectivity index (χ2n) is 14.2. The lowest BCUT2D eigenvalue weighted by Crippen LogP contribution is -2.19. The van der Waals surface area contributed by atoms with E-state index in [0.29, 0.717) is 11.1 Å². The van der Waals surface area contributed by atoms with E-state index >= 15 is 0 Å². The predicted octanol–water partition coefficient (Wildman–Crippen LogP) is 11.2. The number of rotatable bonds is 4. The number of sulfone groups is 2. The first-order valence-electron chi connectivity index (χ1n) is 18.3. The van der Waals surface area contributed by atoms with Crippen LogP contribution in [-0.4, -0.2) is 26.0 Å². The van der Waals surface area contributed by atoms with Crippen LogP contribution < -0.4 is 0 Å². The molecule has 0 unspecified atom stereocenters. The molecule has 0 fully saturated rings. The van der Waals surface area contributed by atoms with Crippen LogP contribution in [-0.2, 0) is 19.7 Å². The van der Waals surface area contributed by atoms with Crippen LogP contribution in [0.4, 0.5) is 0 Å². The molecule has 6 nitrogen and oxygen atoms in total. The van der Waals surface area contributed by atoms with Gasteiger partial charge in [-0.25, -0.2) is 16.8 Å². The van der Waals surface area contributed by atoms with Crippen molar-refractivity contribution in [2.45, 2.75) is 19.6 Å². The molecule has 0 amide bonds. The molecule has 3 heterocycles. The molecular weight excluding hydrogens is 733 g/mol. The van der Waals surface area contributed by atoms with Crippen molar-refractivity contribution in [1.82, 2.24) is 9.13 Å². The first kappa shape index (κ1) is 32.7. The molecule has 0 aliphatic carbocycles. The Labute approximate surface area is 323 Å². The van der Waals surface area contributed by atoms with Crippen LogP contribution in [0.15, 0.2) is 202 Å². The smallest absolute Gasteiger partial charge is 0.209 e. The van der Waals surface area contributed by atoms with Gasteiger partial charge in [0.05, 0.1) is 41.6 Å². The molecule has 2 aromatic heterocycles. The molecule has 268 valence electrons. The Morgan fingerprint density at radius 1 is 0.286 bits per heavy atom. The van der Waals surface area contributed by atoms with Gasteiger partial charge in [0.15, 0.2) is 0 Å². The van der Waals surface area contributed by atoms with E-state index in [4.69, 9.17) is 0 Å². The van der Waals surface area contributed by atoms with Crippen LogP contribution in [0, 0.1) is 0 Å². The molecule has 10 aromatic rings. The molecule has 8 aromatic carbocycles. The maximum atomic E-state index is 14.4. The molecule has 56 heavy (non-hydrogen) atoms. The fraction of sp³-hybridized carbons (Fsp3) is 0. The van der Waals surface area contributed by atoms with Crippen LogP contribution in [0.5, 0.6) is 0 Å². The van der Waals surface area contributed by atoms with Crippen molar-refractivity contribution in [3.05, 3.63) is 182 Å². The third kappa shape index (κ3) is 4.66. The van der Waals surface area contributed by atoms with Gasteiger partial charge in [0.1, 0.15) is 0 Å². The first-order chi connectivity index (χ1) is 27.3. The third-order valence-corrected chi connectivity index (χ3v) is 15.1. The maximum absolute atomic E-state index is 14.4. The summed E-state index contributed by atoms with van der Waals surface area (Å²) in [5.74, 6) is 0. The molecule has 0 spiro atoms. The van der Waals surface area contributed by atoms with E-state index in [1.165, 1.54) is 24.3 Å². The normalized spacial score (nSPS) is 14.3. The number of hydrogen-bond acceptors (Lipinski definition) is 4. The summed E-state index contributed by atoms with van der Waals surface area (Å²) in [7, 11) is -8.32. The lowest BCUT2D eigenvalue weighted by Gasteiger charge is -2.21. The molecule has 1 aliphatic heterocycles. The zero-order valence-corrected chi connectivity index (χ0v) is 31.3. The molecule has 0 saturated carbocycles. The van der Waals surface area contributed by atoms with Crippen molar-refractivity contribution < 1.29 is 16.8 Å². The fourth-order valence-electron chi connectivity index (χ4n) is 8.48. The Hall–Kier alpha value is -6.74. The molecule has 0 radical (unpaired) electrons. The molecule has 1 aliphatic rings. The van der Waals surface area contributed by atoms with E-state index in [2.05, 4.69) is 57.7 Å². The van der Waals surface area contributed by atoms with E-state index in [9.17, 15) is 16.8 Å². The van der Waals surface area contributed by atoms with Crippen molar-refractivity contribution in [3.63, 3.8) is 0 Å². The average Bonchev–Trinajstić information content (AvgIpc) is 3.76. The Kier molecular flexibility index (Phi) is 6.93. The quantitative estimate of drug-likeness (QED) is 0.179. The largest absolute Gasteiger partial charge is 0.309 e. The van der Waals surface area contributed by atoms with Gasteiger partial charge < -0.3 is 9.13 Å². The monoisotopic (exact) mass is 762 g/mol. The van der Waals surface area contributed by atoms with E-state index in [-0.39, 0.29) is 19.6 Å². The topological polar surface area (TPSA) is 78.1 Å². The number of benzene rings is 8. The summed E-state index contributed by atoms with van der Waals surface area (Å²) >= 11 is 0. The fourth-order valence-corrected chi connectivity index (χ4v) is 12.6. The average molecular weight is 763 g/mol. The summed E-state index contributed by atoms with van der Waals surface area (Å²) in [5, 5.41) is 4.64. The van der Waals surface area contributed by atoms with Crippen LogP contribution in [0.1, 0.15) is 0 Å². The van der Waals surface area contributed by atoms with Gasteiger partial charge in [0.25, 0.3) is 0 Å². The predicted molar refractivity (Wildman–Crippen MR) is 223 cm³/mol. The molecule has 0 N–H and O–H groups in total. The second-order valence-corrected chi connectivity index (χ2v) is 17.9. The Morgan fingerprint density at radius 2 is 0.571 bits per heavy atom. The number of nitrogens with zero attached hydrogens (tertiary/aromatic N) is 2. The van der Waals surface area contributed by atoms with Crippen molar-refractivity contribution in [2.24, 2.45) is 0 Å². The Bertz CT molecular complexity index is 3160. The highest BCUT2D eigenvalue weighted by Crippen LogP contribution is 2.44. The van der Waals surface area contributed by atoms with Gasteiger partial charge in [-0.15, -0.1) is 0 Å². The van der Waals surface area contributed by atoms with Crippen LogP contribution >= 0.6 is 0 Å². The second kappa shape index (κ2) is 11.9. The minimum atomic E-state index is -4.21. The summed E-state index contributed by atoms with van der Waals surface area (Å²) in [6.07, 6.45) is 0. The van der Waals surface area contributed by atoms with Gasteiger partial charge in [-0.1, -0.05) is 109 Å². The maximum Gasteiger partial charge on any atom is 0.209 e. The summed E-state index contributed by atoms with van der Waals surface area (Å²) in [6, 6.07) is 58.1. The van der Waals surface area contributed by atoms with Gasteiger partial charge in [-0.3, -0.25) is 0 Å². The van der Waals surface area contributed by atoms with Gasteiger partial charge in [-0.2, -0.15) is 0 Å². The van der Waals surface area contributed by atoms with Crippen molar-refractivity contribution in [2.75, 3.05) is 0 Å². The van der Waals surface area contributed by atoms with Crippen molar-refractivity contribution >= 4 is 63.3 Å². The van der Waals surface area contributed by atoms with Crippen molar-refractivity contribution in [1.29, 1.82) is 0 Å². The van der Waals surface area contributed by atoms with E-state index in [0.717, 1.165) is 66.1 Å². The molecule has 11 rings (SSSR count). The highest BCUT2D eigenvalue weighted by atomic mass is 32.2. The standard InChI is InChI=1S/C48H30N2O4S2/c51-55(52)45-27-21-33(31-17-23-35(24-18-31)49-41-13-5-1-9-37(41)38-10-2-6-14-42(38)49)29-47(45)56(53,54)48-30-34(22-28-46(48)55)32-19-25-36(26-20-32)50-43-15-7-3-11-39(43)40-12-4-8-16-44(40)50/h1-30H. The van der Waals surface area contributed by atoms with Gasteiger partial charge in [-0.05, 0) is 95.1 Å². The lowest BCUT2D eigenvalue weighted by atomic mass is 10.1. The number of hydrogen-bond donors (Lipinski definition) is 0. The molecule has 0 bridgehead atoms. The summed E-state index contributed by atoms with van der Waals surface area (Å²) in [5.41, 5.74) is 9.03.